The molecule has 6 nitrogen and oxygen atoms in total. The van der Waals surface area contributed by atoms with Gasteiger partial charge in [-0.25, -0.2) is 0 Å². The summed E-state index contributed by atoms with van der Waals surface area (Å²) in [5, 5.41) is 8.35. The van der Waals surface area contributed by atoms with Crippen molar-refractivity contribution in [3.05, 3.63) is 34.9 Å². The van der Waals surface area contributed by atoms with E-state index in [1.807, 2.05) is 22.7 Å². The van der Waals surface area contributed by atoms with Crippen molar-refractivity contribution in [1.82, 2.24) is 14.6 Å². The van der Waals surface area contributed by atoms with E-state index >= 15 is 0 Å². The van der Waals surface area contributed by atoms with E-state index < -0.39 is 0 Å². The fourth-order valence-electron chi connectivity index (χ4n) is 2.12. The van der Waals surface area contributed by atoms with Gasteiger partial charge in [0.2, 0.25) is 0 Å². The van der Waals surface area contributed by atoms with Gasteiger partial charge in [0.1, 0.15) is 11.5 Å². The summed E-state index contributed by atoms with van der Waals surface area (Å²) in [5.74, 6) is 2.03. The van der Waals surface area contributed by atoms with Crippen LogP contribution >= 0.6 is 15.9 Å². The van der Waals surface area contributed by atoms with Crippen LogP contribution in [-0.2, 0) is 0 Å². The van der Waals surface area contributed by atoms with Gasteiger partial charge in [0.15, 0.2) is 11.5 Å². The lowest BCUT2D eigenvalue weighted by Gasteiger charge is -2.08. The van der Waals surface area contributed by atoms with E-state index in [1.165, 1.54) is 0 Å². The molecule has 2 heterocycles. The summed E-state index contributed by atoms with van der Waals surface area (Å²) >= 11 is 3.43. The number of ether oxygens (including phenoxy) is 2. The van der Waals surface area contributed by atoms with Crippen molar-refractivity contribution in [1.29, 1.82) is 0 Å². The molecule has 0 atom stereocenters. The van der Waals surface area contributed by atoms with Crippen LogP contribution < -0.4 is 15.2 Å². The van der Waals surface area contributed by atoms with E-state index in [9.17, 15) is 0 Å². The van der Waals surface area contributed by atoms with Crippen molar-refractivity contribution < 1.29 is 9.47 Å². The number of nitrogens with zero attached hydrogens (tertiary/aromatic N) is 3. The molecule has 0 spiro atoms. The number of anilines is 1. The van der Waals surface area contributed by atoms with Crippen molar-refractivity contribution in [2.45, 2.75) is 0 Å². The van der Waals surface area contributed by atoms with Gasteiger partial charge >= 0.3 is 0 Å². The topological polar surface area (TPSA) is 74.7 Å². The zero-order chi connectivity index (χ0) is 15.0. The van der Waals surface area contributed by atoms with Crippen LogP contribution in [0, 0.1) is 0 Å². The maximum absolute atomic E-state index is 5.96. The largest absolute Gasteiger partial charge is 0.497 e. The zero-order valence-electron chi connectivity index (χ0n) is 11.5. The molecule has 0 aliphatic carbocycles. The number of benzene rings is 1. The summed E-state index contributed by atoms with van der Waals surface area (Å²) in [6.45, 7) is 0. The number of aromatic nitrogens is 3. The van der Waals surface area contributed by atoms with Crippen LogP contribution in [0.5, 0.6) is 11.5 Å². The molecule has 2 N–H and O–H groups in total. The lowest BCUT2D eigenvalue weighted by Crippen LogP contribution is -1.95. The minimum absolute atomic E-state index is 0.554. The SMILES string of the molecule is COc1cc(OC)cc(-c2nnc3c(N)cc(Br)cn23)c1. The monoisotopic (exact) mass is 348 g/mol. The summed E-state index contributed by atoms with van der Waals surface area (Å²) in [6.07, 6.45) is 1.87. The van der Waals surface area contributed by atoms with Gasteiger partial charge in [-0.15, -0.1) is 10.2 Å². The number of fused-ring (bicyclic) bond motifs is 1. The molecule has 3 rings (SSSR count). The molecule has 0 amide bonds. The van der Waals surface area contributed by atoms with Gasteiger partial charge in [-0.2, -0.15) is 0 Å². The summed E-state index contributed by atoms with van der Waals surface area (Å²) in [7, 11) is 3.21. The first-order valence-corrected chi connectivity index (χ1v) is 6.95. The Kier molecular flexibility index (Phi) is 3.42. The van der Waals surface area contributed by atoms with Gasteiger partial charge in [-0.3, -0.25) is 4.40 Å². The summed E-state index contributed by atoms with van der Waals surface area (Å²) in [6, 6.07) is 7.34. The second-order valence-electron chi connectivity index (χ2n) is 4.43. The Bertz CT molecular complexity index is 794. The quantitative estimate of drug-likeness (QED) is 0.787. The number of pyridine rings is 1. The second kappa shape index (κ2) is 5.25. The number of rotatable bonds is 3. The minimum Gasteiger partial charge on any atom is -0.497 e. The zero-order valence-corrected chi connectivity index (χ0v) is 13.1. The van der Waals surface area contributed by atoms with E-state index in [4.69, 9.17) is 15.2 Å². The van der Waals surface area contributed by atoms with Crippen LogP contribution in [0.1, 0.15) is 0 Å². The first kappa shape index (κ1) is 13.7. The predicted molar refractivity (Wildman–Crippen MR) is 83.6 cm³/mol. The Morgan fingerprint density at radius 2 is 1.71 bits per heavy atom. The fourth-order valence-corrected chi connectivity index (χ4v) is 2.57. The van der Waals surface area contributed by atoms with Crippen molar-refractivity contribution >= 4 is 27.3 Å². The lowest BCUT2D eigenvalue weighted by molar-refractivity contribution is 0.394. The molecular formula is C14H13BrN4O2. The Labute approximate surface area is 129 Å². The molecule has 7 heteroatoms. The Morgan fingerprint density at radius 3 is 2.33 bits per heavy atom. The third kappa shape index (κ3) is 2.40. The first-order valence-electron chi connectivity index (χ1n) is 6.15. The third-order valence-electron chi connectivity index (χ3n) is 3.11. The van der Waals surface area contributed by atoms with Gasteiger partial charge in [-0.1, -0.05) is 0 Å². The smallest absolute Gasteiger partial charge is 0.184 e. The summed E-state index contributed by atoms with van der Waals surface area (Å²) in [5.41, 5.74) is 7.95. The van der Waals surface area contributed by atoms with Gasteiger partial charge in [0.05, 0.1) is 19.9 Å². The third-order valence-corrected chi connectivity index (χ3v) is 3.54. The normalized spacial score (nSPS) is 10.8. The molecule has 0 radical (unpaired) electrons. The van der Waals surface area contributed by atoms with E-state index in [1.54, 1.807) is 26.4 Å². The van der Waals surface area contributed by atoms with Crippen molar-refractivity contribution in [2.24, 2.45) is 0 Å². The molecular weight excluding hydrogens is 336 g/mol. The highest BCUT2D eigenvalue weighted by atomic mass is 79.9. The maximum atomic E-state index is 5.96. The number of hydrogen-bond acceptors (Lipinski definition) is 5. The van der Waals surface area contributed by atoms with Crippen LogP contribution in [0.4, 0.5) is 5.69 Å². The molecule has 0 unspecified atom stereocenters. The first-order chi connectivity index (χ1) is 10.1. The average Bonchev–Trinajstić information content (AvgIpc) is 2.90. The van der Waals surface area contributed by atoms with Gasteiger partial charge < -0.3 is 15.2 Å². The van der Waals surface area contributed by atoms with Crippen molar-refractivity contribution in [2.75, 3.05) is 20.0 Å². The molecule has 21 heavy (non-hydrogen) atoms. The van der Waals surface area contributed by atoms with Crippen LogP contribution in [0.25, 0.3) is 17.0 Å². The lowest BCUT2D eigenvalue weighted by atomic mass is 10.2. The minimum atomic E-state index is 0.554. The van der Waals surface area contributed by atoms with Crippen LogP contribution in [-0.4, -0.2) is 28.8 Å². The Morgan fingerprint density at radius 1 is 1.05 bits per heavy atom. The van der Waals surface area contributed by atoms with E-state index in [2.05, 4.69) is 26.1 Å². The maximum Gasteiger partial charge on any atom is 0.184 e. The average molecular weight is 349 g/mol. The number of halogens is 1. The fraction of sp³-hybridized carbons (Fsp3) is 0.143. The predicted octanol–water partition coefficient (Wildman–Crippen LogP) is 2.76. The molecule has 0 fully saturated rings. The molecule has 0 bridgehead atoms. The van der Waals surface area contributed by atoms with Crippen LogP contribution in [0.15, 0.2) is 34.9 Å². The van der Waals surface area contributed by atoms with Gasteiger partial charge in [0.25, 0.3) is 0 Å². The van der Waals surface area contributed by atoms with Crippen LogP contribution in [0.2, 0.25) is 0 Å². The Balaban J connectivity index is 2.25. The highest BCUT2D eigenvalue weighted by Crippen LogP contribution is 2.30. The molecule has 2 aromatic heterocycles. The molecule has 0 aliphatic rings. The summed E-state index contributed by atoms with van der Waals surface area (Å²) < 4.78 is 13.2. The standard InChI is InChI=1S/C14H13BrN4O2/c1-20-10-3-8(4-11(6-10)21-2)13-17-18-14-12(16)5-9(15)7-19(13)14/h3-7H,16H2,1-2H3. The second-order valence-corrected chi connectivity index (χ2v) is 5.35. The molecule has 1 aromatic carbocycles. The Hall–Kier alpha value is -2.28. The van der Waals surface area contributed by atoms with Crippen molar-refractivity contribution in [3.8, 4) is 22.9 Å². The molecule has 0 saturated carbocycles. The number of methoxy groups -OCH3 is 2. The number of nitrogen functional groups attached to an aromatic ring is 1. The molecule has 3 aromatic rings. The highest BCUT2D eigenvalue weighted by Gasteiger charge is 2.13. The van der Waals surface area contributed by atoms with Gasteiger partial charge in [0, 0.05) is 22.3 Å². The van der Waals surface area contributed by atoms with E-state index in [-0.39, 0.29) is 0 Å². The highest BCUT2D eigenvalue weighted by molar-refractivity contribution is 9.10. The van der Waals surface area contributed by atoms with Crippen molar-refractivity contribution in [3.63, 3.8) is 0 Å². The summed E-state index contributed by atoms with van der Waals surface area (Å²) in [4.78, 5) is 0. The number of nitrogens with two attached hydrogens (primary N) is 1. The molecule has 0 aliphatic heterocycles. The van der Waals surface area contributed by atoms with E-state index in [0.29, 0.717) is 28.7 Å². The molecule has 108 valence electrons. The van der Waals surface area contributed by atoms with Gasteiger partial charge in [-0.05, 0) is 34.1 Å². The number of hydrogen-bond donors (Lipinski definition) is 1. The van der Waals surface area contributed by atoms with Crippen LogP contribution in [0.3, 0.4) is 0 Å². The molecule has 0 saturated heterocycles. The van der Waals surface area contributed by atoms with E-state index in [0.717, 1.165) is 10.0 Å².